The fraction of sp³-hybridized carbons (Fsp3) is 0.238. The second kappa shape index (κ2) is 7.93. The summed E-state index contributed by atoms with van der Waals surface area (Å²) >= 11 is 7.71. The topological polar surface area (TPSA) is 71.9 Å². The maximum absolute atomic E-state index is 11.4. The van der Waals surface area contributed by atoms with Gasteiger partial charge in [0, 0.05) is 22.5 Å². The van der Waals surface area contributed by atoms with E-state index in [0.29, 0.717) is 27.2 Å². The van der Waals surface area contributed by atoms with Crippen LogP contribution in [0.1, 0.15) is 4.88 Å². The number of anilines is 1. The predicted octanol–water partition coefficient (Wildman–Crippen LogP) is 4.59. The molecule has 0 unspecified atom stereocenters. The number of carboxylic acid groups (broad SMARTS) is 1. The van der Waals surface area contributed by atoms with Gasteiger partial charge in [-0.15, -0.1) is 11.3 Å². The highest BCUT2D eigenvalue weighted by Crippen LogP contribution is 2.45. The number of fused-ring (bicyclic) bond motifs is 1. The lowest BCUT2D eigenvalue weighted by molar-refractivity contribution is -0.136. The highest BCUT2D eigenvalue weighted by molar-refractivity contribution is 7.15. The van der Waals surface area contributed by atoms with Gasteiger partial charge in [0.05, 0.1) is 37.0 Å². The second-order valence-electron chi connectivity index (χ2n) is 6.66. The summed E-state index contributed by atoms with van der Waals surface area (Å²) in [5, 5.41) is 10.6. The third-order valence-corrected chi connectivity index (χ3v) is 6.03. The van der Waals surface area contributed by atoms with E-state index in [4.69, 9.17) is 26.1 Å². The van der Waals surface area contributed by atoms with E-state index < -0.39 is 5.97 Å². The highest BCUT2D eigenvalue weighted by atomic mass is 35.5. The molecule has 0 spiro atoms. The number of thiazole rings is 1. The van der Waals surface area contributed by atoms with E-state index in [1.807, 2.05) is 43.4 Å². The van der Waals surface area contributed by atoms with Gasteiger partial charge in [0.2, 0.25) is 0 Å². The standard InChI is InChI=1S/C21H19ClN2O4S/c1-24-7-8-28-20-15(9-13(22)10-16(20)24)21-23-19(17(29-21)11-18(25)26)12-3-5-14(27-2)6-4-12/h3-6,9-10H,7-8,11H2,1-2H3,(H,25,26). The van der Waals surface area contributed by atoms with Crippen molar-refractivity contribution in [2.45, 2.75) is 6.42 Å². The number of benzene rings is 2. The number of hydrogen-bond donors (Lipinski definition) is 1. The number of carbonyl (C=O) groups is 1. The minimum atomic E-state index is -0.904. The third kappa shape index (κ3) is 3.88. The largest absolute Gasteiger partial charge is 0.497 e. The Kier molecular flexibility index (Phi) is 5.34. The van der Waals surface area contributed by atoms with Crippen LogP contribution in [-0.2, 0) is 11.2 Å². The van der Waals surface area contributed by atoms with E-state index in [1.54, 1.807) is 7.11 Å². The lowest BCUT2D eigenvalue weighted by Crippen LogP contribution is -2.29. The Hall–Kier alpha value is -2.77. The van der Waals surface area contributed by atoms with E-state index in [1.165, 1.54) is 11.3 Å². The molecule has 1 aromatic heterocycles. The van der Waals surface area contributed by atoms with Crippen molar-refractivity contribution in [3.05, 3.63) is 46.3 Å². The van der Waals surface area contributed by atoms with Gasteiger partial charge in [-0.3, -0.25) is 4.79 Å². The number of nitrogens with zero attached hydrogens (tertiary/aromatic N) is 2. The summed E-state index contributed by atoms with van der Waals surface area (Å²) in [6, 6.07) is 11.1. The van der Waals surface area contributed by atoms with Gasteiger partial charge in [0.15, 0.2) is 5.75 Å². The van der Waals surface area contributed by atoms with Crippen molar-refractivity contribution in [3.8, 4) is 33.3 Å². The van der Waals surface area contributed by atoms with Crippen LogP contribution < -0.4 is 14.4 Å². The molecular weight excluding hydrogens is 412 g/mol. The molecular formula is C21H19ClN2O4S. The number of carboxylic acids is 1. The summed E-state index contributed by atoms with van der Waals surface area (Å²) in [6.07, 6.45) is -0.109. The molecule has 1 aliphatic rings. The quantitative estimate of drug-likeness (QED) is 0.638. The number of methoxy groups -OCH3 is 1. The smallest absolute Gasteiger partial charge is 0.308 e. The zero-order chi connectivity index (χ0) is 20.5. The molecule has 4 rings (SSSR count). The molecule has 0 saturated heterocycles. The summed E-state index contributed by atoms with van der Waals surface area (Å²) in [5.74, 6) is 0.545. The van der Waals surface area contributed by atoms with E-state index in [-0.39, 0.29) is 6.42 Å². The van der Waals surface area contributed by atoms with E-state index in [9.17, 15) is 9.90 Å². The van der Waals surface area contributed by atoms with Crippen LogP contribution in [0.5, 0.6) is 11.5 Å². The number of hydrogen-bond acceptors (Lipinski definition) is 6. The average Bonchev–Trinajstić information content (AvgIpc) is 3.11. The molecule has 8 heteroatoms. The predicted molar refractivity (Wildman–Crippen MR) is 115 cm³/mol. The van der Waals surface area contributed by atoms with Crippen molar-refractivity contribution in [2.24, 2.45) is 0 Å². The summed E-state index contributed by atoms with van der Waals surface area (Å²) in [6.45, 7) is 1.34. The Labute approximate surface area is 177 Å². The SMILES string of the molecule is COc1ccc(-c2nc(-c3cc(Cl)cc4c3OCCN4C)sc2CC(=O)O)cc1. The van der Waals surface area contributed by atoms with Crippen molar-refractivity contribution in [2.75, 3.05) is 32.2 Å². The molecule has 0 radical (unpaired) electrons. The van der Waals surface area contributed by atoms with E-state index in [0.717, 1.165) is 34.9 Å². The number of aromatic nitrogens is 1. The van der Waals surface area contributed by atoms with Gasteiger partial charge in [-0.05, 0) is 36.4 Å². The maximum Gasteiger partial charge on any atom is 0.308 e. The first-order valence-electron chi connectivity index (χ1n) is 9.00. The van der Waals surface area contributed by atoms with Gasteiger partial charge in [0.25, 0.3) is 0 Å². The molecule has 0 aliphatic carbocycles. The monoisotopic (exact) mass is 430 g/mol. The van der Waals surface area contributed by atoms with Crippen LogP contribution in [0.4, 0.5) is 5.69 Å². The van der Waals surface area contributed by atoms with Gasteiger partial charge in [-0.2, -0.15) is 0 Å². The molecule has 150 valence electrons. The van der Waals surface area contributed by atoms with Gasteiger partial charge < -0.3 is 19.5 Å². The third-order valence-electron chi connectivity index (χ3n) is 4.72. The normalized spacial score (nSPS) is 13.0. The number of rotatable bonds is 5. The van der Waals surface area contributed by atoms with Crippen molar-refractivity contribution in [3.63, 3.8) is 0 Å². The Morgan fingerprint density at radius 2 is 2.10 bits per heavy atom. The Balaban J connectivity index is 1.85. The second-order valence-corrected chi connectivity index (χ2v) is 8.18. The number of ether oxygens (including phenoxy) is 2. The molecule has 2 heterocycles. The van der Waals surface area contributed by atoms with Crippen LogP contribution in [0.3, 0.4) is 0 Å². The van der Waals surface area contributed by atoms with Gasteiger partial charge in [-0.1, -0.05) is 11.6 Å². The molecule has 1 aliphatic heterocycles. The number of aliphatic carboxylic acids is 1. The van der Waals surface area contributed by atoms with Crippen molar-refractivity contribution in [1.82, 2.24) is 4.98 Å². The molecule has 2 aromatic carbocycles. The zero-order valence-corrected chi connectivity index (χ0v) is 17.5. The summed E-state index contributed by atoms with van der Waals surface area (Å²) in [7, 11) is 3.59. The van der Waals surface area contributed by atoms with Crippen LogP contribution in [-0.4, -0.2) is 43.4 Å². The summed E-state index contributed by atoms with van der Waals surface area (Å²) < 4.78 is 11.1. The molecule has 0 atom stereocenters. The van der Waals surface area contributed by atoms with Crippen LogP contribution in [0.15, 0.2) is 36.4 Å². The lowest BCUT2D eigenvalue weighted by atomic mass is 10.1. The van der Waals surface area contributed by atoms with Crippen molar-refractivity contribution < 1.29 is 19.4 Å². The molecule has 29 heavy (non-hydrogen) atoms. The van der Waals surface area contributed by atoms with E-state index >= 15 is 0 Å². The first-order valence-corrected chi connectivity index (χ1v) is 10.2. The Morgan fingerprint density at radius 3 is 2.79 bits per heavy atom. The van der Waals surface area contributed by atoms with E-state index in [2.05, 4.69) is 4.90 Å². The molecule has 0 bridgehead atoms. The molecule has 0 saturated carbocycles. The first kappa shape index (κ1) is 19.5. The maximum atomic E-state index is 11.4. The molecule has 1 N–H and O–H groups in total. The first-order chi connectivity index (χ1) is 14.0. The van der Waals surface area contributed by atoms with Gasteiger partial charge in [0.1, 0.15) is 17.4 Å². The molecule has 6 nitrogen and oxygen atoms in total. The van der Waals surface area contributed by atoms with Crippen LogP contribution in [0, 0.1) is 0 Å². The summed E-state index contributed by atoms with van der Waals surface area (Å²) in [5.41, 5.74) is 3.15. The van der Waals surface area contributed by atoms with Gasteiger partial charge in [-0.25, -0.2) is 4.98 Å². The van der Waals surface area contributed by atoms with Crippen molar-refractivity contribution >= 4 is 34.6 Å². The Morgan fingerprint density at radius 1 is 1.34 bits per heavy atom. The average molecular weight is 431 g/mol. The minimum Gasteiger partial charge on any atom is -0.497 e. The fourth-order valence-corrected chi connectivity index (χ4v) is 4.58. The highest BCUT2D eigenvalue weighted by Gasteiger charge is 2.24. The summed E-state index contributed by atoms with van der Waals surface area (Å²) in [4.78, 5) is 19.0. The zero-order valence-electron chi connectivity index (χ0n) is 15.9. The fourth-order valence-electron chi connectivity index (χ4n) is 3.28. The molecule has 3 aromatic rings. The van der Waals surface area contributed by atoms with Crippen molar-refractivity contribution in [1.29, 1.82) is 0 Å². The molecule has 0 amide bonds. The van der Waals surface area contributed by atoms with Crippen LogP contribution in [0.2, 0.25) is 5.02 Å². The number of likely N-dealkylation sites (N-methyl/N-ethyl adjacent to an activating group) is 1. The minimum absolute atomic E-state index is 0.109. The van der Waals surface area contributed by atoms with Crippen LogP contribution >= 0.6 is 22.9 Å². The van der Waals surface area contributed by atoms with Crippen LogP contribution in [0.25, 0.3) is 21.8 Å². The molecule has 0 fully saturated rings. The number of halogens is 1. The Bertz CT molecular complexity index is 1070. The lowest BCUT2D eigenvalue weighted by Gasteiger charge is -2.29. The van der Waals surface area contributed by atoms with Gasteiger partial charge >= 0.3 is 5.97 Å².